The minimum Gasteiger partial charge on any atom is -0.315 e. The average Bonchev–Trinajstić information content (AvgIpc) is 2.76. The van der Waals surface area contributed by atoms with Crippen LogP contribution in [0, 0.1) is 5.82 Å². The van der Waals surface area contributed by atoms with Crippen LogP contribution >= 0.6 is 0 Å². The number of carbonyl (C=O) groups excluding carboxylic acids is 2. The lowest BCUT2D eigenvalue weighted by Crippen LogP contribution is -2.20. The van der Waals surface area contributed by atoms with Gasteiger partial charge in [-0.05, 0) is 41.5 Å². The predicted octanol–water partition coefficient (Wildman–Crippen LogP) is 2.77. The number of benzene rings is 2. The predicted molar refractivity (Wildman–Crippen MR) is 78.0 cm³/mol. The number of amides is 1. The summed E-state index contributed by atoms with van der Waals surface area (Å²) in [5, 5.41) is 0. The molecule has 0 unspecified atom stereocenters. The van der Waals surface area contributed by atoms with Crippen molar-refractivity contribution in [3.63, 3.8) is 0 Å². The van der Waals surface area contributed by atoms with Crippen molar-refractivity contribution in [1.82, 2.24) is 0 Å². The van der Waals surface area contributed by atoms with Gasteiger partial charge in [0, 0.05) is 24.7 Å². The van der Waals surface area contributed by atoms with Crippen LogP contribution in [0.4, 0.5) is 10.1 Å². The zero-order valence-electron chi connectivity index (χ0n) is 11.6. The number of fused-ring (bicyclic) bond motifs is 1. The van der Waals surface area contributed by atoms with Crippen molar-refractivity contribution in [1.29, 1.82) is 0 Å². The highest BCUT2D eigenvalue weighted by Gasteiger charge is 2.24. The van der Waals surface area contributed by atoms with Gasteiger partial charge in [0.1, 0.15) is 5.82 Å². The lowest BCUT2D eigenvalue weighted by atomic mass is 10.0. The van der Waals surface area contributed by atoms with Crippen molar-refractivity contribution in [2.75, 3.05) is 11.9 Å². The summed E-state index contributed by atoms with van der Waals surface area (Å²) in [6.07, 6.45) is 0.562. The van der Waals surface area contributed by atoms with Crippen LogP contribution in [-0.2, 0) is 17.6 Å². The number of anilines is 1. The van der Waals surface area contributed by atoms with Crippen LogP contribution in [-0.4, -0.2) is 18.7 Å². The summed E-state index contributed by atoms with van der Waals surface area (Å²) >= 11 is 0. The van der Waals surface area contributed by atoms with Crippen molar-refractivity contribution < 1.29 is 14.0 Å². The van der Waals surface area contributed by atoms with E-state index in [1.165, 1.54) is 12.1 Å². The molecule has 0 N–H and O–H groups in total. The zero-order valence-corrected chi connectivity index (χ0v) is 11.6. The maximum atomic E-state index is 12.8. The van der Waals surface area contributed by atoms with E-state index in [-0.39, 0.29) is 23.9 Å². The number of carbonyl (C=O) groups is 2. The molecule has 1 aliphatic heterocycles. The summed E-state index contributed by atoms with van der Waals surface area (Å²) in [6.45, 7) is 0. The molecule has 1 amide bonds. The van der Waals surface area contributed by atoms with Crippen molar-refractivity contribution >= 4 is 17.4 Å². The Bertz CT molecular complexity index is 722. The number of hydrogen-bond acceptors (Lipinski definition) is 2. The Hall–Kier alpha value is -2.49. The van der Waals surface area contributed by atoms with E-state index in [9.17, 15) is 14.0 Å². The summed E-state index contributed by atoms with van der Waals surface area (Å²) in [7, 11) is 1.73. The molecule has 0 spiro atoms. The molecule has 106 valence electrons. The number of halogens is 1. The fourth-order valence-corrected chi connectivity index (χ4v) is 2.53. The van der Waals surface area contributed by atoms with Gasteiger partial charge >= 0.3 is 0 Å². The highest BCUT2D eigenvalue weighted by atomic mass is 19.1. The third-order valence-electron chi connectivity index (χ3n) is 3.76. The molecule has 0 radical (unpaired) electrons. The third-order valence-corrected chi connectivity index (χ3v) is 3.76. The highest BCUT2D eigenvalue weighted by molar-refractivity contribution is 6.03. The summed E-state index contributed by atoms with van der Waals surface area (Å²) in [5.74, 6) is -0.315. The first-order chi connectivity index (χ1) is 10.0. The van der Waals surface area contributed by atoms with Gasteiger partial charge in [0.25, 0.3) is 0 Å². The Balaban J connectivity index is 1.81. The van der Waals surface area contributed by atoms with Gasteiger partial charge in [-0.3, -0.25) is 9.59 Å². The summed E-state index contributed by atoms with van der Waals surface area (Å²) in [5.41, 5.74) is 3.10. The first-order valence-corrected chi connectivity index (χ1v) is 6.72. The monoisotopic (exact) mass is 283 g/mol. The van der Waals surface area contributed by atoms with Crippen molar-refractivity contribution in [2.24, 2.45) is 0 Å². The molecule has 1 heterocycles. The van der Waals surface area contributed by atoms with E-state index in [1.807, 2.05) is 0 Å². The van der Waals surface area contributed by atoms with E-state index in [0.29, 0.717) is 12.0 Å². The Kier molecular flexibility index (Phi) is 3.29. The summed E-state index contributed by atoms with van der Waals surface area (Å²) < 4.78 is 12.8. The molecule has 0 saturated carbocycles. The Labute approximate surface area is 122 Å². The number of nitrogens with zero attached hydrogens (tertiary/aromatic N) is 1. The average molecular weight is 283 g/mol. The van der Waals surface area contributed by atoms with E-state index in [0.717, 1.165) is 16.8 Å². The molecule has 0 atom stereocenters. The first kappa shape index (κ1) is 13.5. The van der Waals surface area contributed by atoms with Crippen LogP contribution in [0.2, 0.25) is 0 Å². The Morgan fingerprint density at radius 1 is 1.19 bits per heavy atom. The third kappa shape index (κ3) is 2.57. The Morgan fingerprint density at radius 2 is 1.90 bits per heavy atom. The lowest BCUT2D eigenvalue weighted by molar-refractivity contribution is -0.117. The molecule has 2 aromatic rings. The first-order valence-electron chi connectivity index (χ1n) is 6.72. The fourth-order valence-electron chi connectivity index (χ4n) is 2.53. The number of hydrogen-bond donors (Lipinski definition) is 0. The summed E-state index contributed by atoms with van der Waals surface area (Å²) in [4.78, 5) is 25.5. The molecule has 0 aromatic heterocycles. The molecule has 0 bridgehead atoms. The molecular formula is C17H14FNO2. The topological polar surface area (TPSA) is 37.4 Å². The smallest absolute Gasteiger partial charge is 0.231 e. The van der Waals surface area contributed by atoms with Crippen LogP contribution in [0.25, 0.3) is 0 Å². The van der Waals surface area contributed by atoms with E-state index < -0.39 is 0 Å². The maximum Gasteiger partial charge on any atom is 0.231 e. The number of rotatable bonds is 3. The van der Waals surface area contributed by atoms with E-state index in [4.69, 9.17) is 0 Å². The van der Waals surface area contributed by atoms with Crippen molar-refractivity contribution in [3.8, 4) is 0 Å². The van der Waals surface area contributed by atoms with Gasteiger partial charge in [-0.25, -0.2) is 4.39 Å². The van der Waals surface area contributed by atoms with Gasteiger partial charge in [0.05, 0.1) is 6.42 Å². The molecule has 21 heavy (non-hydrogen) atoms. The second-order valence-corrected chi connectivity index (χ2v) is 5.20. The minimum atomic E-state index is -0.315. The molecule has 3 rings (SSSR count). The molecule has 3 nitrogen and oxygen atoms in total. The molecular weight excluding hydrogens is 269 g/mol. The summed E-state index contributed by atoms with van der Waals surface area (Å²) in [6, 6.07) is 11.2. The van der Waals surface area contributed by atoms with E-state index >= 15 is 0 Å². The quantitative estimate of drug-likeness (QED) is 0.812. The van der Waals surface area contributed by atoms with Crippen LogP contribution in [0.3, 0.4) is 0 Å². The standard InChI is InChI=1S/C17H14FNO2/c1-19-15-7-4-12(9-13(15)10-17(19)21)16(20)8-11-2-5-14(18)6-3-11/h2-7,9H,8,10H2,1H3. The minimum absolute atomic E-state index is 0.0353. The number of likely N-dealkylation sites (N-methyl/N-ethyl adjacent to an activating group) is 1. The number of ketones is 1. The van der Waals surface area contributed by atoms with Gasteiger partial charge in [-0.1, -0.05) is 12.1 Å². The molecule has 0 fully saturated rings. The van der Waals surface area contributed by atoms with Gasteiger partial charge in [0.2, 0.25) is 5.91 Å². The second-order valence-electron chi connectivity index (χ2n) is 5.20. The Morgan fingerprint density at radius 3 is 2.62 bits per heavy atom. The van der Waals surface area contributed by atoms with E-state index in [2.05, 4.69) is 0 Å². The van der Waals surface area contributed by atoms with Gasteiger partial charge in [0.15, 0.2) is 5.78 Å². The van der Waals surface area contributed by atoms with Gasteiger partial charge < -0.3 is 4.90 Å². The largest absolute Gasteiger partial charge is 0.315 e. The maximum absolute atomic E-state index is 12.8. The molecule has 0 aliphatic carbocycles. The van der Waals surface area contributed by atoms with Crippen molar-refractivity contribution in [3.05, 3.63) is 65.0 Å². The molecule has 2 aromatic carbocycles. The molecule has 4 heteroatoms. The van der Waals surface area contributed by atoms with E-state index in [1.54, 1.807) is 42.3 Å². The fraction of sp³-hybridized carbons (Fsp3) is 0.176. The lowest BCUT2D eigenvalue weighted by Gasteiger charge is -2.10. The second kappa shape index (κ2) is 5.13. The molecule has 0 saturated heterocycles. The van der Waals surface area contributed by atoms with Crippen LogP contribution in [0.5, 0.6) is 0 Å². The van der Waals surface area contributed by atoms with Gasteiger partial charge in [-0.15, -0.1) is 0 Å². The normalized spacial score (nSPS) is 13.4. The highest BCUT2D eigenvalue weighted by Crippen LogP contribution is 2.28. The van der Waals surface area contributed by atoms with Crippen molar-refractivity contribution in [2.45, 2.75) is 12.8 Å². The zero-order chi connectivity index (χ0) is 15.0. The van der Waals surface area contributed by atoms with Crippen LogP contribution in [0.15, 0.2) is 42.5 Å². The van der Waals surface area contributed by atoms with Crippen LogP contribution < -0.4 is 4.90 Å². The number of Topliss-reactive ketones (excluding diaryl/α,β-unsaturated/α-hetero) is 1. The van der Waals surface area contributed by atoms with Crippen LogP contribution in [0.1, 0.15) is 21.5 Å². The SMILES string of the molecule is CN1C(=O)Cc2cc(C(=O)Cc3ccc(F)cc3)ccc21. The van der Waals surface area contributed by atoms with Gasteiger partial charge in [-0.2, -0.15) is 0 Å². The molecule has 1 aliphatic rings.